The maximum Gasteiger partial charge on any atom is 0.233 e. The van der Waals surface area contributed by atoms with Crippen molar-refractivity contribution in [3.63, 3.8) is 0 Å². The molecule has 0 radical (unpaired) electrons. The third kappa shape index (κ3) is 3.69. The van der Waals surface area contributed by atoms with Crippen molar-refractivity contribution in [2.45, 2.75) is 25.8 Å². The molecule has 0 spiro atoms. The van der Waals surface area contributed by atoms with Crippen molar-refractivity contribution < 1.29 is 14.3 Å². The van der Waals surface area contributed by atoms with Gasteiger partial charge in [0.2, 0.25) is 11.8 Å². The SMILES string of the molecule is COc1ccc2c(c1)CC[C@@H](C1CC(=O)N(Cc3ccccc3)C1=O)C2=C(C#N)C#N. The van der Waals surface area contributed by atoms with Crippen LogP contribution in [0.5, 0.6) is 5.75 Å². The van der Waals surface area contributed by atoms with Crippen LogP contribution in [-0.2, 0) is 22.6 Å². The minimum atomic E-state index is -0.571. The molecule has 2 amide bonds. The van der Waals surface area contributed by atoms with Crippen molar-refractivity contribution in [1.29, 1.82) is 10.5 Å². The van der Waals surface area contributed by atoms with E-state index in [-0.39, 0.29) is 36.3 Å². The average molecular weight is 411 g/mol. The second-order valence-corrected chi connectivity index (χ2v) is 7.79. The van der Waals surface area contributed by atoms with E-state index in [0.29, 0.717) is 24.2 Å². The lowest BCUT2D eigenvalue weighted by molar-refractivity contribution is -0.140. The van der Waals surface area contributed by atoms with Crippen LogP contribution in [0.2, 0.25) is 0 Å². The summed E-state index contributed by atoms with van der Waals surface area (Å²) in [5, 5.41) is 19.2. The Labute approximate surface area is 181 Å². The van der Waals surface area contributed by atoms with Gasteiger partial charge in [0.25, 0.3) is 0 Å². The number of methoxy groups -OCH3 is 1. The number of hydrogen-bond acceptors (Lipinski definition) is 5. The zero-order valence-corrected chi connectivity index (χ0v) is 17.2. The van der Waals surface area contributed by atoms with E-state index in [1.807, 2.05) is 54.6 Å². The van der Waals surface area contributed by atoms with Crippen molar-refractivity contribution in [2.75, 3.05) is 7.11 Å². The van der Waals surface area contributed by atoms with Crippen LogP contribution >= 0.6 is 0 Å². The van der Waals surface area contributed by atoms with E-state index >= 15 is 0 Å². The van der Waals surface area contributed by atoms with Crippen LogP contribution in [0.15, 0.2) is 54.1 Å². The van der Waals surface area contributed by atoms with Crippen LogP contribution in [0, 0.1) is 34.5 Å². The standard InChI is InChI=1S/C25H21N3O3/c1-31-19-8-10-20-17(11-19)7-9-21(24(20)18(13-26)14-27)22-12-23(29)28(25(22)30)15-16-5-3-2-4-6-16/h2-6,8,10-11,21-22H,7,9,12,15H2,1H3/t21-,22?/m0/s1. The fourth-order valence-corrected chi connectivity index (χ4v) is 4.64. The van der Waals surface area contributed by atoms with Crippen molar-refractivity contribution in [3.05, 3.63) is 70.8 Å². The summed E-state index contributed by atoms with van der Waals surface area (Å²) in [5.74, 6) is -0.670. The summed E-state index contributed by atoms with van der Waals surface area (Å²) < 4.78 is 5.31. The minimum absolute atomic E-state index is 0.00197. The van der Waals surface area contributed by atoms with Gasteiger partial charge in [-0.2, -0.15) is 10.5 Å². The van der Waals surface area contributed by atoms with Crippen LogP contribution < -0.4 is 4.74 Å². The molecule has 4 rings (SSSR count). The summed E-state index contributed by atoms with van der Waals surface area (Å²) in [6, 6.07) is 18.9. The summed E-state index contributed by atoms with van der Waals surface area (Å²) in [6.07, 6.45) is 1.36. The molecule has 0 saturated carbocycles. The Bertz CT molecular complexity index is 1140. The molecule has 1 aliphatic carbocycles. The quantitative estimate of drug-likeness (QED) is 0.566. The number of hydrogen-bond donors (Lipinski definition) is 0. The summed E-state index contributed by atoms with van der Waals surface area (Å²) in [7, 11) is 1.59. The molecule has 0 N–H and O–H groups in total. The number of imide groups is 1. The fourth-order valence-electron chi connectivity index (χ4n) is 4.64. The summed E-state index contributed by atoms with van der Waals surface area (Å²) in [6.45, 7) is 0.234. The lowest BCUT2D eigenvalue weighted by Crippen LogP contribution is -2.33. The number of carbonyl (C=O) groups excluding carboxylic acids is 2. The number of allylic oxidation sites excluding steroid dienone is 2. The zero-order chi connectivity index (χ0) is 22.0. The third-order valence-corrected chi connectivity index (χ3v) is 6.14. The Morgan fingerprint density at radius 3 is 2.52 bits per heavy atom. The summed E-state index contributed by atoms with van der Waals surface area (Å²) in [5.41, 5.74) is 3.22. The smallest absolute Gasteiger partial charge is 0.233 e. The average Bonchev–Trinajstić information content (AvgIpc) is 3.08. The number of benzene rings is 2. The van der Waals surface area contributed by atoms with E-state index in [1.165, 1.54) is 4.90 Å². The highest BCUT2D eigenvalue weighted by Crippen LogP contribution is 2.45. The largest absolute Gasteiger partial charge is 0.497 e. The molecule has 2 aliphatic rings. The number of amides is 2. The topological polar surface area (TPSA) is 94.2 Å². The lowest BCUT2D eigenvalue weighted by Gasteiger charge is -2.31. The fraction of sp³-hybridized carbons (Fsp3) is 0.280. The van der Waals surface area contributed by atoms with Gasteiger partial charge in [0.1, 0.15) is 23.5 Å². The Morgan fingerprint density at radius 2 is 1.84 bits per heavy atom. The molecule has 1 unspecified atom stereocenters. The molecule has 0 aromatic heterocycles. The van der Waals surface area contributed by atoms with E-state index in [4.69, 9.17) is 4.74 Å². The number of nitrogens with zero attached hydrogens (tertiary/aromatic N) is 3. The molecule has 1 saturated heterocycles. The monoisotopic (exact) mass is 411 g/mol. The predicted molar refractivity (Wildman–Crippen MR) is 113 cm³/mol. The van der Waals surface area contributed by atoms with E-state index in [9.17, 15) is 20.1 Å². The van der Waals surface area contributed by atoms with Crippen LogP contribution in [-0.4, -0.2) is 23.8 Å². The Hall–Kier alpha value is -3.90. The molecule has 1 fully saturated rings. The highest BCUT2D eigenvalue weighted by atomic mass is 16.5. The van der Waals surface area contributed by atoms with Gasteiger partial charge < -0.3 is 4.74 Å². The molecule has 31 heavy (non-hydrogen) atoms. The van der Waals surface area contributed by atoms with Gasteiger partial charge >= 0.3 is 0 Å². The molecule has 6 heteroatoms. The number of rotatable bonds is 4. The number of nitriles is 2. The first-order valence-corrected chi connectivity index (χ1v) is 10.2. The molecule has 2 atom stereocenters. The Morgan fingerprint density at radius 1 is 1.10 bits per heavy atom. The molecule has 6 nitrogen and oxygen atoms in total. The third-order valence-electron chi connectivity index (χ3n) is 6.14. The Balaban J connectivity index is 1.71. The van der Waals surface area contributed by atoms with Crippen molar-refractivity contribution in [3.8, 4) is 17.9 Å². The maximum atomic E-state index is 13.3. The lowest BCUT2D eigenvalue weighted by atomic mass is 9.71. The summed E-state index contributed by atoms with van der Waals surface area (Å²) >= 11 is 0. The van der Waals surface area contributed by atoms with Gasteiger partial charge in [0.05, 0.1) is 19.6 Å². The van der Waals surface area contributed by atoms with E-state index in [1.54, 1.807) is 13.2 Å². The first-order valence-electron chi connectivity index (χ1n) is 10.2. The van der Waals surface area contributed by atoms with Crippen LogP contribution in [0.1, 0.15) is 29.5 Å². The predicted octanol–water partition coefficient (Wildman–Crippen LogP) is 3.63. The van der Waals surface area contributed by atoms with Gasteiger partial charge in [-0.15, -0.1) is 0 Å². The van der Waals surface area contributed by atoms with Gasteiger partial charge in [-0.05, 0) is 53.2 Å². The van der Waals surface area contributed by atoms with Gasteiger partial charge in [0, 0.05) is 6.42 Å². The molecule has 2 aromatic carbocycles. The number of ether oxygens (including phenoxy) is 1. The molecule has 1 heterocycles. The minimum Gasteiger partial charge on any atom is -0.497 e. The molecule has 154 valence electrons. The highest BCUT2D eigenvalue weighted by Gasteiger charge is 2.45. The number of carbonyl (C=O) groups is 2. The number of likely N-dealkylation sites (tertiary alicyclic amines) is 1. The first kappa shape index (κ1) is 20.4. The van der Waals surface area contributed by atoms with Crippen LogP contribution in [0.25, 0.3) is 5.57 Å². The zero-order valence-electron chi connectivity index (χ0n) is 17.2. The first-order chi connectivity index (χ1) is 15.1. The molecular weight excluding hydrogens is 390 g/mol. The Kier molecular flexibility index (Phi) is 5.56. The normalized spacial score (nSPS) is 20.1. The molecule has 2 aromatic rings. The van der Waals surface area contributed by atoms with Gasteiger partial charge in [-0.3, -0.25) is 14.5 Å². The van der Waals surface area contributed by atoms with Crippen molar-refractivity contribution >= 4 is 17.4 Å². The molecule has 1 aliphatic heterocycles. The second kappa shape index (κ2) is 8.45. The highest BCUT2D eigenvalue weighted by molar-refractivity contribution is 6.04. The molecule has 0 bridgehead atoms. The van der Waals surface area contributed by atoms with Gasteiger partial charge in [-0.1, -0.05) is 36.4 Å². The van der Waals surface area contributed by atoms with E-state index in [2.05, 4.69) is 0 Å². The van der Waals surface area contributed by atoms with Crippen LogP contribution in [0.3, 0.4) is 0 Å². The van der Waals surface area contributed by atoms with Gasteiger partial charge in [-0.25, -0.2) is 0 Å². The number of fused-ring (bicyclic) bond motifs is 1. The van der Waals surface area contributed by atoms with E-state index in [0.717, 1.165) is 16.7 Å². The van der Waals surface area contributed by atoms with Crippen LogP contribution in [0.4, 0.5) is 0 Å². The van der Waals surface area contributed by atoms with Crippen molar-refractivity contribution in [1.82, 2.24) is 4.90 Å². The second-order valence-electron chi connectivity index (χ2n) is 7.79. The maximum absolute atomic E-state index is 13.3. The molecular formula is C25H21N3O3. The van der Waals surface area contributed by atoms with Crippen molar-refractivity contribution in [2.24, 2.45) is 11.8 Å². The summed E-state index contributed by atoms with van der Waals surface area (Å²) in [4.78, 5) is 27.3. The van der Waals surface area contributed by atoms with Gasteiger partial charge in [0.15, 0.2) is 0 Å². The van der Waals surface area contributed by atoms with E-state index < -0.39 is 5.92 Å². The number of aryl methyl sites for hydroxylation is 1.